The van der Waals surface area contributed by atoms with Crippen molar-refractivity contribution in [1.29, 1.82) is 0 Å². The Hall–Kier alpha value is -6.33. The summed E-state index contributed by atoms with van der Waals surface area (Å²) in [6, 6.07) is 0. The normalized spacial score (nSPS) is 21.9. The first-order valence-electron chi connectivity index (χ1n) is 39.9. The van der Waals surface area contributed by atoms with Crippen molar-refractivity contribution in [1.82, 2.24) is 24.8 Å². The van der Waals surface area contributed by atoms with E-state index in [0.717, 1.165) is 226 Å². The van der Waals surface area contributed by atoms with Gasteiger partial charge in [0.25, 0.3) is 0 Å². The summed E-state index contributed by atoms with van der Waals surface area (Å²) in [6.45, 7) is 17.4. The molecule has 14 heteroatoms. The Morgan fingerprint density at radius 1 is 0.514 bits per heavy atom. The van der Waals surface area contributed by atoms with Gasteiger partial charge in [-0.3, -0.25) is 9.59 Å². The Bertz CT molecular complexity index is 3060. The van der Waals surface area contributed by atoms with Crippen LogP contribution in [-0.2, 0) is 27.2 Å². The molecule has 0 saturated heterocycles. The minimum Gasteiger partial charge on any atom is -0.697 e. The first-order chi connectivity index (χ1) is 50.4. The summed E-state index contributed by atoms with van der Waals surface area (Å²) in [6.07, 6.45) is 100.0. The zero-order valence-corrected chi connectivity index (χ0v) is 67.7. The number of aldehydes is 1. The Labute approximate surface area is 669 Å². The number of ketones is 2. The third-order valence-corrected chi connectivity index (χ3v) is 21.7. The predicted octanol–water partition coefficient (Wildman–Crippen LogP) is 16.9. The molecule has 0 spiro atoms. The van der Waals surface area contributed by atoms with Crippen molar-refractivity contribution in [2.75, 3.05) is 32.8 Å². The molecular weight excluding hydrogens is 1340 g/mol. The van der Waals surface area contributed by atoms with Crippen LogP contribution in [0.1, 0.15) is 298 Å². The number of terminal acetylenes is 7. The van der Waals surface area contributed by atoms with Crippen LogP contribution in [0.2, 0.25) is 0 Å². The van der Waals surface area contributed by atoms with E-state index in [-0.39, 0.29) is 38.4 Å². The zero-order chi connectivity index (χ0) is 77.0. The van der Waals surface area contributed by atoms with Crippen molar-refractivity contribution in [3.63, 3.8) is 0 Å². The van der Waals surface area contributed by atoms with E-state index in [1.165, 1.54) is 106 Å². The topological polar surface area (TPSA) is 207 Å². The van der Waals surface area contributed by atoms with E-state index in [2.05, 4.69) is 139 Å². The largest absolute Gasteiger partial charge is 1.00 e. The van der Waals surface area contributed by atoms with Crippen LogP contribution >= 0.6 is 12.2 Å². The molecule has 5 atom stereocenters. The Morgan fingerprint density at radius 3 is 1.13 bits per heavy atom. The van der Waals surface area contributed by atoms with Gasteiger partial charge in [-0.1, -0.05) is 153 Å². The molecule has 8 aliphatic carbocycles. The van der Waals surface area contributed by atoms with Crippen LogP contribution in [0.5, 0.6) is 0 Å². The molecule has 2 heterocycles. The monoisotopic (exact) mass is 1480 g/mol. The minimum absolute atomic E-state index is 0. The number of nitrogens with zero attached hydrogens (tertiary/aromatic N) is 2. The second-order valence-electron chi connectivity index (χ2n) is 29.2. The smallest absolute Gasteiger partial charge is 0.697 e. The molecule has 8 aliphatic rings. The molecule has 588 valence electrons. The van der Waals surface area contributed by atoms with Crippen LogP contribution in [-0.4, -0.2) is 102 Å². The summed E-state index contributed by atoms with van der Waals surface area (Å²) in [7, 11) is 0. The van der Waals surface area contributed by atoms with E-state index in [4.69, 9.17) is 67.4 Å². The van der Waals surface area contributed by atoms with Crippen LogP contribution in [0, 0.1) is 139 Å². The molecule has 0 amide bonds. The number of nitrogens with one attached hydrogen (secondary N) is 3. The molecule has 12 nitrogen and oxygen atoms in total. The maximum Gasteiger partial charge on any atom is 1.00 e. The quantitative estimate of drug-likeness (QED) is 0.0245. The van der Waals surface area contributed by atoms with E-state index in [0.29, 0.717) is 53.0 Å². The van der Waals surface area contributed by atoms with Crippen LogP contribution in [0.4, 0.5) is 0 Å². The molecule has 3 fully saturated rings. The number of Topliss-reactive ketones (excluding diaryl/α,β-unsaturated/α-hetero) is 2. The molecule has 0 aliphatic heterocycles. The summed E-state index contributed by atoms with van der Waals surface area (Å²) < 4.78 is 0.709. The van der Waals surface area contributed by atoms with Crippen molar-refractivity contribution in [3.05, 3.63) is 99.5 Å². The van der Waals surface area contributed by atoms with Gasteiger partial charge in [0.15, 0.2) is 4.77 Å². The molecule has 8 N–H and O–H groups in total. The van der Waals surface area contributed by atoms with Gasteiger partial charge in [-0.2, -0.15) is 0 Å². The molecule has 3 saturated carbocycles. The van der Waals surface area contributed by atoms with Gasteiger partial charge in [0.1, 0.15) is 23.5 Å². The van der Waals surface area contributed by atoms with Gasteiger partial charge in [-0.05, 0) is 287 Å². The maximum absolute atomic E-state index is 10.8. The van der Waals surface area contributed by atoms with E-state index in [9.17, 15) is 19.5 Å². The fraction of sp³-hybridized carbons (Fsp3) is 0.645. The Morgan fingerprint density at radius 2 is 0.841 bits per heavy atom. The SMILES string of the molecule is C.C#CC1(O)CCC(CCC)CC1.C#CC1=CCC(CCC)CC1.C#CC1=CCC(CCC=O)CC1.C#CC1=CCC(CCO)CC1.C#CC1=CCC(Cc2c[nH]c(=S)[nH]2)CC1.C#CC1=CCC(Cc2cnc[nH]2)CC1.CCCC1CCC(=O)CC1.CCN(CC)CC.O.O=C1CCC(CCO)CC1.[C-]#C.[Li+]. The van der Waals surface area contributed by atoms with Gasteiger partial charge in [0, 0.05) is 69.1 Å². The molecule has 10 rings (SSSR count). The van der Waals surface area contributed by atoms with E-state index in [1.54, 1.807) is 6.33 Å². The summed E-state index contributed by atoms with van der Waals surface area (Å²) in [4.78, 5) is 47.3. The van der Waals surface area contributed by atoms with Gasteiger partial charge in [0.05, 0.1) is 6.33 Å². The number of hydrogen-bond donors (Lipinski definition) is 6. The average molecular weight is 1480 g/mol. The van der Waals surface area contributed by atoms with Gasteiger partial charge in [-0.15, -0.1) is 38.5 Å². The molecule has 5 unspecified atom stereocenters. The molecule has 2 aromatic rings. The third-order valence-electron chi connectivity index (χ3n) is 21.5. The van der Waals surface area contributed by atoms with Crippen LogP contribution in [0.25, 0.3) is 0 Å². The van der Waals surface area contributed by atoms with Gasteiger partial charge >= 0.3 is 18.9 Å². The number of allylic oxidation sites excluding steroid dienone is 10. The minimum atomic E-state index is -0.774. The number of rotatable bonds is 20. The third kappa shape index (κ3) is 50.2. The number of aliphatic hydroxyl groups excluding tert-OH is 2. The summed E-state index contributed by atoms with van der Waals surface area (Å²) in [5, 5.41) is 27.0. The summed E-state index contributed by atoms with van der Waals surface area (Å²) >= 11 is 4.99. The Kier molecular flexibility index (Phi) is 66.4. The predicted molar refractivity (Wildman–Crippen MR) is 448 cm³/mol. The van der Waals surface area contributed by atoms with Crippen LogP contribution < -0.4 is 18.9 Å². The standard InChI is InChI=1S/C12H14N2S.C12H14N2.C11H18O.C11H14O.C11H16.C10H14O.C9H16O.C8H14O2.C6H15N.C2H.CH4.Li.H2O/c1-2-9-3-5-10(6-4-9)7-11-8-13-12(15)14-11;1-2-10-3-5-11(6-4-10)7-12-8-13-9-14-12;1-3-5-10-6-8-11(12,4-2)9-7-10;1-2-10-5-7-11(8-6-10)4-3-9-12;1-3-5-11-8-6-10(4-2)7-9-11;1-2-9-3-5-10(6-4-9)7-8-11;1-2-3-8-4-6-9(10)7-5-8;9-6-5-7-1-3-8(10)4-2-7;1-4-7(5-2)6-3;1-2;;;/h1,3,8,10H,4-7H2,(H2,13,14,15);1,3,8-9,11H,4-7H2,(H,13,14);2,10,12H,3,5-9H2,1H3;1,5,9,11H,3-4,6-8H2;2,6,11H,3,5,7-9H2,1H3;1,3,10-11H,4-8H2;8H,2-7H2,1H3;7,9H,1-6H2;4-6H2,1-3H3;1H;1H4;;1H2/q;;;;;;;;;-1;;+1;. The Balaban J connectivity index is -0.00000114. The van der Waals surface area contributed by atoms with E-state index in [1.807, 2.05) is 12.4 Å². The molecule has 0 aromatic carbocycles. The molecule has 0 radical (unpaired) electrons. The van der Waals surface area contributed by atoms with E-state index < -0.39 is 5.60 Å². The number of aromatic amines is 3. The van der Waals surface area contributed by atoms with E-state index >= 15 is 0 Å². The number of H-pyrrole nitrogens is 3. The average Bonchev–Trinajstić information content (AvgIpc) is 1.70. The molecule has 0 bridgehead atoms. The fourth-order valence-corrected chi connectivity index (χ4v) is 14.7. The molecule has 2 aromatic heterocycles. The number of aliphatic hydroxyl groups is 3. The molecular formula is C93H142LiN5O7S. The zero-order valence-electron chi connectivity index (χ0n) is 66.8. The number of hydrogen-bond acceptors (Lipinski definition) is 9. The van der Waals surface area contributed by atoms with Crippen LogP contribution in [0.15, 0.2) is 77.0 Å². The van der Waals surface area contributed by atoms with Crippen molar-refractivity contribution in [2.24, 2.45) is 47.3 Å². The first-order valence-corrected chi connectivity index (χ1v) is 40.3. The fourth-order valence-electron chi connectivity index (χ4n) is 14.5. The number of carbonyl (C=O) groups is 3. The van der Waals surface area contributed by atoms with Crippen molar-refractivity contribution >= 4 is 30.1 Å². The second kappa shape index (κ2) is 67.8. The first kappa shape index (κ1) is 105. The van der Waals surface area contributed by atoms with Crippen molar-refractivity contribution < 1.29 is 54.0 Å². The maximum atomic E-state index is 10.8. The summed E-state index contributed by atoms with van der Waals surface area (Å²) in [5.41, 5.74) is 7.48. The van der Waals surface area contributed by atoms with Crippen molar-refractivity contribution in [3.8, 4) is 80.5 Å². The number of imidazole rings is 2. The van der Waals surface area contributed by atoms with Gasteiger partial charge < -0.3 is 58.3 Å². The number of carbonyl (C=O) groups excluding carboxylic acids is 3. The van der Waals surface area contributed by atoms with Gasteiger partial charge in [-0.25, -0.2) is 4.98 Å². The summed E-state index contributed by atoms with van der Waals surface area (Å²) in [5.74, 6) is 22.9. The second-order valence-corrected chi connectivity index (χ2v) is 29.6. The van der Waals surface area contributed by atoms with Crippen molar-refractivity contribution in [2.45, 2.75) is 305 Å². The number of aromatic nitrogens is 4. The van der Waals surface area contributed by atoms with Crippen LogP contribution in [0.3, 0.4) is 0 Å². The van der Waals surface area contributed by atoms with Gasteiger partial charge in [0.2, 0.25) is 0 Å². The molecule has 107 heavy (non-hydrogen) atoms.